The van der Waals surface area contributed by atoms with E-state index in [1.807, 2.05) is 6.07 Å². The summed E-state index contributed by atoms with van der Waals surface area (Å²) in [5, 5.41) is 6.47. The first-order valence-electron chi connectivity index (χ1n) is 7.86. The van der Waals surface area contributed by atoms with E-state index in [0.29, 0.717) is 36.2 Å². The van der Waals surface area contributed by atoms with Gasteiger partial charge >= 0.3 is 5.97 Å². The fourth-order valence-corrected chi connectivity index (χ4v) is 2.96. The lowest BCUT2D eigenvalue weighted by Crippen LogP contribution is -2.40. The van der Waals surface area contributed by atoms with Crippen LogP contribution >= 0.6 is 0 Å². The number of carbonyl (C=O) groups excluding carboxylic acids is 3. The van der Waals surface area contributed by atoms with Crippen molar-refractivity contribution >= 4 is 29.1 Å². The number of aldehydes is 1. The van der Waals surface area contributed by atoms with Crippen LogP contribution in [0.15, 0.2) is 24.3 Å². The summed E-state index contributed by atoms with van der Waals surface area (Å²) in [7, 11) is 1.67. The molecular weight excluding hydrogens is 310 g/mol. The van der Waals surface area contributed by atoms with Crippen LogP contribution in [0, 0.1) is 5.92 Å². The fourth-order valence-electron chi connectivity index (χ4n) is 2.96. The number of H-pyrrole nitrogens is 1. The SMILES string of the molecule is CNC(CC1CCNC1=O)C(=O)Oc1cccc2cc(C=O)[nH]c12. The Labute approximate surface area is 138 Å². The Morgan fingerprint density at radius 3 is 3.00 bits per heavy atom. The molecule has 3 rings (SSSR count). The summed E-state index contributed by atoms with van der Waals surface area (Å²) in [5.41, 5.74) is 1.02. The Bertz CT molecular complexity index is 783. The van der Waals surface area contributed by atoms with Gasteiger partial charge in [-0.15, -0.1) is 0 Å². The van der Waals surface area contributed by atoms with Crippen LogP contribution in [-0.4, -0.2) is 42.8 Å². The van der Waals surface area contributed by atoms with Crippen LogP contribution in [0.4, 0.5) is 0 Å². The summed E-state index contributed by atoms with van der Waals surface area (Å²) >= 11 is 0. The molecule has 1 aromatic carbocycles. The van der Waals surface area contributed by atoms with Gasteiger partial charge in [-0.05, 0) is 32.0 Å². The number of carbonyl (C=O) groups is 3. The summed E-state index contributed by atoms with van der Waals surface area (Å²) in [6, 6.07) is 6.37. The van der Waals surface area contributed by atoms with Crippen LogP contribution in [0.3, 0.4) is 0 Å². The van der Waals surface area contributed by atoms with Crippen molar-refractivity contribution in [2.24, 2.45) is 5.92 Å². The number of hydrogen-bond acceptors (Lipinski definition) is 5. The maximum atomic E-state index is 12.5. The van der Waals surface area contributed by atoms with Crippen molar-refractivity contribution in [1.29, 1.82) is 0 Å². The second-order valence-corrected chi connectivity index (χ2v) is 5.84. The molecule has 24 heavy (non-hydrogen) atoms. The lowest BCUT2D eigenvalue weighted by atomic mass is 9.98. The number of hydrogen-bond donors (Lipinski definition) is 3. The van der Waals surface area contributed by atoms with Crippen LogP contribution in [0.5, 0.6) is 5.75 Å². The molecule has 7 heteroatoms. The van der Waals surface area contributed by atoms with E-state index in [9.17, 15) is 14.4 Å². The molecule has 2 atom stereocenters. The maximum absolute atomic E-state index is 12.5. The Morgan fingerprint density at radius 2 is 2.33 bits per heavy atom. The van der Waals surface area contributed by atoms with E-state index in [-0.39, 0.29) is 11.8 Å². The van der Waals surface area contributed by atoms with Gasteiger partial charge in [0.15, 0.2) is 12.0 Å². The average Bonchev–Trinajstić information content (AvgIpc) is 3.18. The Hall–Kier alpha value is -2.67. The average molecular weight is 329 g/mol. The Morgan fingerprint density at radius 1 is 1.50 bits per heavy atom. The van der Waals surface area contributed by atoms with Crippen LogP contribution < -0.4 is 15.4 Å². The fraction of sp³-hybridized carbons (Fsp3) is 0.353. The van der Waals surface area contributed by atoms with Gasteiger partial charge in [0.1, 0.15) is 6.04 Å². The second-order valence-electron chi connectivity index (χ2n) is 5.84. The summed E-state index contributed by atoms with van der Waals surface area (Å²) in [4.78, 5) is 38.0. The third-order valence-corrected chi connectivity index (χ3v) is 4.29. The highest BCUT2D eigenvalue weighted by Gasteiger charge is 2.30. The quantitative estimate of drug-likeness (QED) is 0.417. The second kappa shape index (κ2) is 6.84. The van der Waals surface area contributed by atoms with Crippen LogP contribution in [0.25, 0.3) is 10.9 Å². The molecule has 1 fully saturated rings. The van der Waals surface area contributed by atoms with E-state index in [4.69, 9.17) is 4.74 Å². The number of esters is 1. The van der Waals surface area contributed by atoms with Crippen molar-refractivity contribution in [2.45, 2.75) is 18.9 Å². The number of likely N-dealkylation sites (N-methyl/N-ethyl adjacent to an activating group) is 1. The molecule has 1 aromatic heterocycles. The molecular formula is C17H19N3O4. The Kier molecular flexibility index (Phi) is 4.61. The van der Waals surface area contributed by atoms with E-state index in [1.165, 1.54) is 0 Å². The maximum Gasteiger partial charge on any atom is 0.328 e. The smallest absolute Gasteiger partial charge is 0.328 e. The van der Waals surface area contributed by atoms with Crippen molar-refractivity contribution in [3.63, 3.8) is 0 Å². The van der Waals surface area contributed by atoms with Crippen molar-refractivity contribution in [2.75, 3.05) is 13.6 Å². The molecule has 2 unspecified atom stereocenters. The summed E-state index contributed by atoms with van der Waals surface area (Å²) in [6.45, 7) is 0.644. The summed E-state index contributed by atoms with van der Waals surface area (Å²) < 4.78 is 5.50. The third-order valence-electron chi connectivity index (χ3n) is 4.29. The zero-order valence-corrected chi connectivity index (χ0v) is 13.3. The number of benzene rings is 1. The van der Waals surface area contributed by atoms with Crippen molar-refractivity contribution in [3.8, 4) is 5.75 Å². The van der Waals surface area contributed by atoms with Crippen molar-refractivity contribution in [1.82, 2.24) is 15.6 Å². The minimum absolute atomic E-state index is 0.0230. The third kappa shape index (κ3) is 3.16. The standard InChI is InChI=1S/C17H19N3O4/c1-18-13(8-11-5-6-19-16(11)22)17(23)24-14-4-2-3-10-7-12(9-21)20-15(10)14/h2-4,7,9,11,13,18,20H,5-6,8H2,1H3,(H,19,22). The van der Waals surface area contributed by atoms with Gasteiger partial charge in [0.25, 0.3) is 0 Å². The lowest BCUT2D eigenvalue weighted by molar-refractivity contribution is -0.137. The molecule has 1 amide bonds. The van der Waals surface area contributed by atoms with Gasteiger partial charge in [0.05, 0.1) is 11.2 Å². The van der Waals surface area contributed by atoms with Gasteiger partial charge in [0, 0.05) is 17.8 Å². The van der Waals surface area contributed by atoms with Crippen LogP contribution in [0.1, 0.15) is 23.3 Å². The minimum Gasteiger partial charge on any atom is -0.423 e. The first kappa shape index (κ1) is 16.2. The highest BCUT2D eigenvalue weighted by atomic mass is 16.5. The van der Waals surface area contributed by atoms with Crippen molar-refractivity contribution < 1.29 is 19.1 Å². The molecule has 126 valence electrons. The molecule has 1 aliphatic rings. The number of nitrogens with one attached hydrogen (secondary N) is 3. The molecule has 0 spiro atoms. The molecule has 3 N–H and O–H groups in total. The zero-order valence-electron chi connectivity index (χ0n) is 13.3. The monoisotopic (exact) mass is 329 g/mol. The lowest BCUT2D eigenvalue weighted by Gasteiger charge is -2.17. The van der Waals surface area contributed by atoms with E-state index >= 15 is 0 Å². The van der Waals surface area contributed by atoms with Gasteiger partial charge in [-0.1, -0.05) is 12.1 Å². The topological polar surface area (TPSA) is 100 Å². The number of ether oxygens (including phenoxy) is 1. The van der Waals surface area contributed by atoms with Crippen molar-refractivity contribution in [3.05, 3.63) is 30.0 Å². The van der Waals surface area contributed by atoms with E-state index in [0.717, 1.165) is 11.8 Å². The minimum atomic E-state index is -0.574. The van der Waals surface area contributed by atoms with Crippen LogP contribution in [-0.2, 0) is 9.59 Å². The van der Waals surface area contributed by atoms with E-state index < -0.39 is 12.0 Å². The largest absolute Gasteiger partial charge is 0.423 e. The number of aromatic nitrogens is 1. The predicted molar refractivity (Wildman–Crippen MR) is 87.9 cm³/mol. The first-order valence-corrected chi connectivity index (χ1v) is 7.86. The number of amides is 1. The summed E-state index contributed by atoms with van der Waals surface area (Å²) in [6.07, 6.45) is 1.82. The molecule has 0 saturated carbocycles. The first-order chi connectivity index (χ1) is 11.6. The van der Waals surface area contributed by atoms with Gasteiger partial charge in [-0.2, -0.15) is 0 Å². The van der Waals surface area contributed by atoms with Gasteiger partial charge < -0.3 is 20.4 Å². The van der Waals surface area contributed by atoms with E-state index in [2.05, 4.69) is 15.6 Å². The highest BCUT2D eigenvalue weighted by molar-refractivity contribution is 5.93. The Balaban J connectivity index is 1.76. The van der Waals surface area contributed by atoms with Gasteiger partial charge in [0.2, 0.25) is 5.91 Å². The van der Waals surface area contributed by atoms with E-state index in [1.54, 1.807) is 25.2 Å². The molecule has 1 saturated heterocycles. The zero-order chi connectivity index (χ0) is 17.1. The molecule has 2 heterocycles. The molecule has 2 aromatic rings. The summed E-state index contributed by atoms with van der Waals surface area (Å²) in [5.74, 6) is -0.295. The number of fused-ring (bicyclic) bond motifs is 1. The molecule has 7 nitrogen and oxygen atoms in total. The normalized spacial score (nSPS) is 18.4. The molecule has 1 aliphatic heterocycles. The van der Waals surface area contributed by atoms with Gasteiger partial charge in [-0.3, -0.25) is 9.59 Å². The number of para-hydroxylation sites is 1. The highest BCUT2D eigenvalue weighted by Crippen LogP contribution is 2.26. The van der Waals surface area contributed by atoms with Crippen LogP contribution in [0.2, 0.25) is 0 Å². The predicted octanol–water partition coefficient (Wildman–Crippen LogP) is 1.00. The molecule has 0 bridgehead atoms. The number of aromatic amines is 1. The molecule has 0 radical (unpaired) electrons. The van der Waals surface area contributed by atoms with Gasteiger partial charge in [-0.25, -0.2) is 4.79 Å². The molecule has 0 aliphatic carbocycles. The number of rotatable bonds is 6.